The predicted octanol–water partition coefficient (Wildman–Crippen LogP) is -0.619. The molecule has 2 rings (SSSR count). The summed E-state index contributed by atoms with van der Waals surface area (Å²) in [7, 11) is 0.733. The van der Waals surface area contributed by atoms with Crippen LogP contribution in [0.2, 0.25) is 0 Å². The van der Waals surface area contributed by atoms with Crippen molar-refractivity contribution in [2.45, 2.75) is 13.0 Å². The van der Waals surface area contributed by atoms with E-state index in [4.69, 9.17) is 14.8 Å². The Morgan fingerprint density at radius 2 is 1.95 bits per heavy atom. The summed E-state index contributed by atoms with van der Waals surface area (Å²) >= 11 is 0. The van der Waals surface area contributed by atoms with E-state index in [0.29, 0.717) is 18.1 Å². The molecule has 110 valence electrons. The molecule has 1 unspecified atom stereocenters. The van der Waals surface area contributed by atoms with Crippen LogP contribution in [0.25, 0.3) is 0 Å². The van der Waals surface area contributed by atoms with E-state index < -0.39 is 7.12 Å². The van der Waals surface area contributed by atoms with E-state index in [1.807, 2.05) is 0 Å². The summed E-state index contributed by atoms with van der Waals surface area (Å²) < 4.78 is 5.70. The van der Waals surface area contributed by atoms with Crippen LogP contribution in [0.3, 0.4) is 0 Å². The predicted molar refractivity (Wildman–Crippen MR) is 80.3 cm³/mol. The average Bonchev–Trinajstić information content (AvgIpc) is 2.42. The van der Waals surface area contributed by atoms with Crippen molar-refractivity contribution >= 4 is 12.6 Å². The lowest BCUT2D eigenvalue weighted by Crippen LogP contribution is -2.51. The van der Waals surface area contributed by atoms with E-state index in [-0.39, 0.29) is 0 Å². The van der Waals surface area contributed by atoms with Crippen LogP contribution in [-0.4, -0.2) is 72.8 Å². The van der Waals surface area contributed by atoms with Crippen molar-refractivity contribution in [1.82, 2.24) is 9.80 Å². The van der Waals surface area contributed by atoms with Gasteiger partial charge in [-0.2, -0.15) is 0 Å². The molecule has 0 bridgehead atoms. The summed E-state index contributed by atoms with van der Waals surface area (Å²) in [6.07, 6.45) is 0. The summed E-state index contributed by atoms with van der Waals surface area (Å²) in [5.74, 6) is 0.760. The van der Waals surface area contributed by atoms with Gasteiger partial charge in [-0.3, -0.25) is 4.90 Å². The highest BCUT2D eigenvalue weighted by Crippen LogP contribution is 2.10. The quantitative estimate of drug-likeness (QED) is 0.703. The van der Waals surface area contributed by atoms with Gasteiger partial charge < -0.3 is 19.7 Å². The van der Waals surface area contributed by atoms with Crippen LogP contribution in [0.15, 0.2) is 24.3 Å². The molecular formula is C14H23BN2O3. The van der Waals surface area contributed by atoms with Gasteiger partial charge in [-0.25, -0.2) is 0 Å². The topological polar surface area (TPSA) is 56.2 Å². The first-order valence-electron chi connectivity index (χ1n) is 7.08. The van der Waals surface area contributed by atoms with Gasteiger partial charge in [-0.1, -0.05) is 12.1 Å². The Labute approximate surface area is 120 Å². The summed E-state index contributed by atoms with van der Waals surface area (Å²) in [4.78, 5) is 4.78. The Balaban J connectivity index is 1.75. The fourth-order valence-corrected chi connectivity index (χ4v) is 2.53. The van der Waals surface area contributed by atoms with E-state index in [9.17, 15) is 0 Å². The summed E-state index contributed by atoms with van der Waals surface area (Å²) in [6, 6.07) is 7.42. The van der Waals surface area contributed by atoms with Gasteiger partial charge >= 0.3 is 7.12 Å². The van der Waals surface area contributed by atoms with Crippen molar-refractivity contribution < 1.29 is 14.8 Å². The monoisotopic (exact) mass is 278 g/mol. The number of ether oxygens (including phenoxy) is 1. The maximum absolute atomic E-state index is 9.02. The van der Waals surface area contributed by atoms with Crippen molar-refractivity contribution in [2.75, 3.05) is 39.8 Å². The molecule has 1 saturated heterocycles. The van der Waals surface area contributed by atoms with Crippen molar-refractivity contribution in [3.63, 3.8) is 0 Å². The first-order chi connectivity index (χ1) is 9.56. The Hall–Kier alpha value is -1.08. The second-order valence-electron chi connectivity index (χ2n) is 5.44. The standard InChI is InChI=1S/C14H23BN2O3/c1-12-11-16(2)7-8-17(12)9-10-20-14-5-3-13(4-6-14)15(18)19/h3-6,12,18-19H,7-11H2,1-2H3. The Morgan fingerprint density at radius 1 is 1.25 bits per heavy atom. The highest BCUT2D eigenvalue weighted by Gasteiger charge is 2.20. The van der Waals surface area contributed by atoms with Crippen LogP contribution in [-0.2, 0) is 0 Å². The van der Waals surface area contributed by atoms with Crippen molar-refractivity contribution in [1.29, 1.82) is 0 Å². The maximum atomic E-state index is 9.02. The molecule has 0 spiro atoms. The molecule has 1 aliphatic rings. The highest BCUT2D eigenvalue weighted by atomic mass is 16.5. The highest BCUT2D eigenvalue weighted by molar-refractivity contribution is 6.58. The van der Waals surface area contributed by atoms with Crippen LogP contribution in [0.1, 0.15) is 6.92 Å². The number of likely N-dealkylation sites (N-methyl/N-ethyl adjacent to an activating group) is 1. The van der Waals surface area contributed by atoms with Crippen molar-refractivity contribution in [3.05, 3.63) is 24.3 Å². The van der Waals surface area contributed by atoms with Crippen molar-refractivity contribution in [3.8, 4) is 5.75 Å². The number of hydrogen-bond donors (Lipinski definition) is 2. The molecule has 0 aromatic heterocycles. The lowest BCUT2D eigenvalue weighted by Gasteiger charge is -2.38. The van der Waals surface area contributed by atoms with Gasteiger partial charge in [-0.05, 0) is 31.6 Å². The lowest BCUT2D eigenvalue weighted by molar-refractivity contribution is 0.0858. The lowest BCUT2D eigenvalue weighted by atomic mass is 9.80. The third-order valence-corrected chi connectivity index (χ3v) is 3.79. The molecule has 1 fully saturated rings. The molecule has 0 saturated carbocycles. The van der Waals surface area contributed by atoms with E-state index in [1.54, 1.807) is 24.3 Å². The summed E-state index contributed by atoms with van der Waals surface area (Å²) in [5, 5.41) is 18.0. The van der Waals surface area contributed by atoms with Gasteiger partial charge in [0.15, 0.2) is 0 Å². The van der Waals surface area contributed by atoms with E-state index >= 15 is 0 Å². The van der Waals surface area contributed by atoms with Crippen LogP contribution in [0.4, 0.5) is 0 Å². The Bertz CT molecular complexity index is 413. The molecule has 1 aromatic rings. The van der Waals surface area contributed by atoms with Gasteiger partial charge in [0, 0.05) is 32.2 Å². The molecule has 1 aromatic carbocycles. The molecule has 0 aliphatic carbocycles. The van der Waals surface area contributed by atoms with E-state index in [2.05, 4.69) is 23.8 Å². The molecule has 2 N–H and O–H groups in total. The SMILES string of the molecule is CC1CN(C)CCN1CCOc1ccc(B(O)O)cc1. The number of benzene rings is 1. The summed E-state index contributed by atoms with van der Waals surface area (Å²) in [5.41, 5.74) is 0.477. The van der Waals surface area contributed by atoms with Crippen LogP contribution in [0, 0.1) is 0 Å². The zero-order chi connectivity index (χ0) is 14.5. The molecule has 6 heteroatoms. The average molecular weight is 278 g/mol. The third kappa shape index (κ3) is 4.21. The Morgan fingerprint density at radius 3 is 2.55 bits per heavy atom. The van der Waals surface area contributed by atoms with Gasteiger partial charge in [0.05, 0.1) is 0 Å². The molecule has 1 atom stereocenters. The Kier molecular flexibility index (Phi) is 5.42. The minimum absolute atomic E-state index is 0.477. The zero-order valence-electron chi connectivity index (χ0n) is 12.2. The molecule has 1 aliphatic heterocycles. The third-order valence-electron chi connectivity index (χ3n) is 3.79. The van der Waals surface area contributed by atoms with Gasteiger partial charge in [0.25, 0.3) is 0 Å². The van der Waals surface area contributed by atoms with E-state index in [1.165, 1.54) is 0 Å². The van der Waals surface area contributed by atoms with Gasteiger partial charge in [-0.15, -0.1) is 0 Å². The van der Waals surface area contributed by atoms with Crippen LogP contribution < -0.4 is 10.2 Å². The molecular weight excluding hydrogens is 255 g/mol. The molecule has 5 nitrogen and oxygen atoms in total. The normalized spacial score (nSPS) is 20.9. The number of rotatable bonds is 5. The second kappa shape index (κ2) is 7.08. The second-order valence-corrected chi connectivity index (χ2v) is 5.44. The molecule has 20 heavy (non-hydrogen) atoms. The minimum Gasteiger partial charge on any atom is -0.492 e. The largest absolute Gasteiger partial charge is 0.492 e. The fraction of sp³-hybridized carbons (Fsp3) is 0.571. The first kappa shape index (κ1) is 15.3. The number of hydrogen-bond acceptors (Lipinski definition) is 5. The number of nitrogens with zero attached hydrogens (tertiary/aromatic N) is 2. The van der Waals surface area contributed by atoms with Gasteiger partial charge in [0.2, 0.25) is 0 Å². The molecule has 0 amide bonds. The minimum atomic E-state index is -1.42. The maximum Gasteiger partial charge on any atom is 0.488 e. The van der Waals surface area contributed by atoms with Crippen molar-refractivity contribution in [2.24, 2.45) is 0 Å². The fourth-order valence-electron chi connectivity index (χ4n) is 2.53. The first-order valence-corrected chi connectivity index (χ1v) is 7.08. The summed E-state index contributed by atoms with van der Waals surface area (Å²) in [6.45, 7) is 7.09. The molecule has 0 radical (unpaired) electrons. The van der Waals surface area contributed by atoms with Crippen LogP contribution in [0.5, 0.6) is 5.75 Å². The zero-order valence-corrected chi connectivity index (χ0v) is 12.2. The molecule has 1 heterocycles. The van der Waals surface area contributed by atoms with Crippen LogP contribution >= 0.6 is 0 Å². The number of piperazine rings is 1. The smallest absolute Gasteiger partial charge is 0.488 e. The van der Waals surface area contributed by atoms with Gasteiger partial charge in [0.1, 0.15) is 12.4 Å². The van der Waals surface area contributed by atoms with E-state index in [0.717, 1.165) is 31.9 Å².